The number of hydrogen-bond acceptors (Lipinski definition) is 1. The molecule has 0 saturated heterocycles. The van der Waals surface area contributed by atoms with Gasteiger partial charge in [0.05, 0.1) is 22.1 Å². The third-order valence-corrected chi connectivity index (χ3v) is 14.4. The van der Waals surface area contributed by atoms with Gasteiger partial charge in [-0.1, -0.05) is 194 Å². The topological polar surface area (TPSA) is 8.17 Å². The van der Waals surface area contributed by atoms with Crippen LogP contribution < -0.4 is 4.90 Å². The first-order valence-electron chi connectivity index (χ1n) is 22.6. The summed E-state index contributed by atoms with van der Waals surface area (Å²) in [5, 5.41) is 7.37. The van der Waals surface area contributed by atoms with Crippen LogP contribution in [-0.2, 0) is 5.41 Å². The molecule has 302 valence electrons. The van der Waals surface area contributed by atoms with Crippen LogP contribution in [0.5, 0.6) is 0 Å². The van der Waals surface area contributed by atoms with Gasteiger partial charge in [0.1, 0.15) is 0 Å². The largest absolute Gasteiger partial charge is 0.309 e. The van der Waals surface area contributed by atoms with Gasteiger partial charge in [-0.05, 0) is 115 Å². The fourth-order valence-electron chi connectivity index (χ4n) is 11.8. The standard InChI is InChI=1S/C63H40N2/c1-2-18-41(19-3-1)61-50-25-4-6-27-52(50)62(53-28-7-5-26-51(53)61)64(42-34-36-43(37-35-42)65-59-32-16-11-23-48(59)49-24-12-17-33-60(49)65)44-38-39-58-54(40-44)47-22-10-15-31-57(47)63(58)55-29-13-8-20-45(55)46-21-9-14-30-56(46)63/h1-40H. The van der Waals surface area contributed by atoms with Crippen LogP contribution >= 0.6 is 0 Å². The van der Waals surface area contributed by atoms with E-state index >= 15 is 0 Å². The Morgan fingerprint density at radius 1 is 0.308 bits per heavy atom. The van der Waals surface area contributed by atoms with Crippen molar-refractivity contribution in [1.82, 2.24) is 4.57 Å². The molecule has 0 amide bonds. The van der Waals surface area contributed by atoms with E-state index in [0.29, 0.717) is 0 Å². The van der Waals surface area contributed by atoms with Crippen LogP contribution in [0.1, 0.15) is 22.3 Å². The second-order valence-corrected chi connectivity index (χ2v) is 17.5. The van der Waals surface area contributed by atoms with E-state index in [2.05, 4.69) is 252 Å². The molecular weight excluding hydrogens is 785 g/mol. The molecule has 0 unspecified atom stereocenters. The Morgan fingerprint density at radius 3 is 1.28 bits per heavy atom. The van der Waals surface area contributed by atoms with Gasteiger partial charge in [-0.25, -0.2) is 0 Å². The van der Waals surface area contributed by atoms with Gasteiger partial charge in [0, 0.05) is 38.6 Å². The van der Waals surface area contributed by atoms with Crippen molar-refractivity contribution in [1.29, 1.82) is 0 Å². The highest BCUT2D eigenvalue weighted by atomic mass is 15.1. The molecule has 0 aliphatic heterocycles. The van der Waals surface area contributed by atoms with Gasteiger partial charge in [-0.15, -0.1) is 0 Å². The minimum atomic E-state index is -0.414. The van der Waals surface area contributed by atoms with E-state index < -0.39 is 5.41 Å². The maximum absolute atomic E-state index is 2.53. The molecule has 2 aliphatic carbocycles. The zero-order valence-electron chi connectivity index (χ0n) is 35.5. The first-order valence-corrected chi connectivity index (χ1v) is 22.6. The van der Waals surface area contributed by atoms with Gasteiger partial charge in [0.25, 0.3) is 0 Å². The maximum atomic E-state index is 2.53. The van der Waals surface area contributed by atoms with Crippen molar-refractivity contribution in [2.24, 2.45) is 0 Å². The summed E-state index contributed by atoms with van der Waals surface area (Å²) in [4.78, 5) is 2.53. The second kappa shape index (κ2) is 13.8. The first-order chi connectivity index (χ1) is 32.3. The molecule has 0 saturated carbocycles. The number of benzene rings is 11. The van der Waals surface area contributed by atoms with E-state index in [-0.39, 0.29) is 0 Å². The van der Waals surface area contributed by atoms with Gasteiger partial charge in [0.15, 0.2) is 0 Å². The average molecular weight is 825 g/mol. The zero-order valence-corrected chi connectivity index (χ0v) is 35.5. The third-order valence-electron chi connectivity index (χ3n) is 14.4. The summed E-state index contributed by atoms with van der Waals surface area (Å²) < 4.78 is 2.40. The van der Waals surface area contributed by atoms with Gasteiger partial charge in [-0.2, -0.15) is 0 Å². The predicted octanol–water partition coefficient (Wildman–Crippen LogP) is 16.6. The van der Waals surface area contributed by atoms with E-state index in [9.17, 15) is 0 Å². The Balaban J connectivity index is 1.05. The monoisotopic (exact) mass is 824 g/mol. The molecule has 0 atom stereocenters. The average Bonchev–Trinajstić information content (AvgIpc) is 3.99. The van der Waals surface area contributed by atoms with Crippen molar-refractivity contribution >= 4 is 60.4 Å². The molecule has 2 heteroatoms. The van der Waals surface area contributed by atoms with Gasteiger partial charge >= 0.3 is 0 Å². The molecule has 1 spiro atoms. The Labute approximate surface area is 377 Å². The van der Waals surface area contributed by atoms with Crippen LogP contribution in [0.2, 0.25) is 0 Å². The Bertz CT molecular complexity index is 3740. The van der Waals surface area contributed by atoms with Crippen LogP contribution in [-0.4, -0.2) is 4.57 Å². The highest BCUT2D eigenvalue weighted by Crippen LogP contribution is 2.63. The molecule has 1 heterocycles. The number of fused-ring (bicyclic) bond motifs is 15. The molecule has 65 heavy (non-hydrogen) atoms. The number of para-hydroxylation sites is 2. The molecule has 12 aromatic rings. The van der Waals surface area contributed by atoms with Crippen LogP contribution in [0.15, 0.2) is 243 Å². The summed E-state index contributed by atoms with van der Waals surface area (Å²) in [5.74, 6) is 0. The molecule has 0 radical (unpaired) electrons. The van der Waals surface area contributed by atoms with Gasteiger partial charge in [0.2, 0.25) is 0 Å². The number of hydrogen-bond donors (Lipinski definition) is 0. The molecule has 11 aromatic carbocycles. The molecule has 1 aromatic heterocycles. The summed E-state index contributed by atoms with van der Waals surface area (Å²) >= 11 is 0. The van der Waals surface area contributed by atoms with E-state index in [1.54, 1.807) is 0 Å². The summed E-state index contributed by atoms with van der Waals surface area (Å²) in [6.45, 7) is 0. The highest BCUT2D eigenvalue weighted by molar-refractivity contribution is 6.22. The number of aromatic nitrogens is 1. The van der Waals surface area contributed by atoms with Crippen LogP contribution in [0, 0.1) is 0 Å². The molecule has 0 N–H and O–H groups in total. The van der Waals surface area contributed by atoms with Crippen molar-refractivity contribution in [3.63, 3.8) is 0 Å². The second-order valence-electron chi connectivity index (χ2n) is 17.5. The predicted molar refractivity (Wildman–Crippen MR) is 272 cm³/mol. The fraction of sp³-hybridized carbons (Fsp3) is 0.0159. The lowest BCUT2D eigenvalue weighted by Gasteiger charge is -2.32. The van der Waals surface area contributed by atoms with Crippen molar-refractivity contribution in [2.75, 3.05) is 4.90 Å². The summed E-state index contributed by atoms with van der Waals surface area (Å²) in [5.41, 5.74) is 19.5. The normalized spacial score (nSPS) is 13.0. The summed E-state index contributed by atoms with van der Waals surface area (Å²) in [6.07, 6.45) is 0. The molecule has 14 rings (SSSR count). The van der Waals surface area contributed by atoms with E-state index in [1.807, 2.05) is 0 Å². The molecule has 2 nitrogen and oxygen atoms in total. The van der Waals surface area contributed by atoms with E-state index in [4.69, 9.17) is 0 Å². The molecular formula is C63H40N2. The number of nitrogens with zero attached hydrogens (tertiary/aromatic N) is 2. The lowest BCUT2D eigenvalue weighted by atomic mass is 9.70. The van der Waals surface area contributed by atoms with Crippen LogP contribution in [0.25, 0.3) is 82.4 Å². The number of anilines is 3. The van der Waals surface area contributed by atoms with Crippen molar-refractivity contribution < 1.29 is 0 Å². The third kappa shape index (κ3) is 4.94. The quantitative estimate of drug-likeness (QED) is 0.157. The van der Waals surface area contributed by atoms with Gasteiger partial charge < -0.3 is 9.47 Å². The minimum Gasteiger partial charge on any atom is -0.309 e. The molecule has 0 fully saturated rings. The smallest absolute Gasteiger partial charge is 0.0725 e. The van der Waals surface area contributed by atoms with Gasteiger partial charge in [-0.3, -0.25) is 0 Å². The van der Waals surface area contributed by atoms with Crippen molar-refractivity contribution in [3.8, 4) is 39.1 Å². The minimum absolute atomic E-state index is 0.414. The van der Waals surface area contributed by atoms with Crippen LogP contribution in [0.3, 0.4) is 0 Å². The van der Waals surface area contributed by atoms with E-state index in [0.717, 1.165) is 22.7 Å². The Hall–Kier alpha value is -8.46. The lowest BCUT2D eigenvalue weighted by molar-refractivity contribution is 0.794. The SMILES string of the molecule is c1ccc(-c2c3ccccc3c(N(c3ccc(-n4c5ccccc5c5ccccc54)cc3)c3ccc4c(c3)-c3ccccc3C43c4ccccc4-c4ccccc43)c3ccccc23)cc1. The van der Waals surface area contributed by atoms with Crippen molar-refractivity contribution in [2.45, 2.75) is 5.41 Å². The number of rotatable bonds is 5. The van der Waals surface area contributed by atoms with Crippen LogP contribution in [0.4, 0.5) is 17.1 Å². The lowest BCUT2D eigenvalue weighted by Crippen LogP contribution is -2.25. The Morgan fingerprint density at radius 2 is 0.723 bits per heavy atom. The van der Waals surface area contributed by atoms with E-state index in [1.165, 1.54) is 99.0 Å². The molecule has 0 bridgehead atoms. The Kier molecular flexibility index (Phi) is 7.64. The summed E-state index contributed by atoms with van der Waals surface area (Å²) in [7, 11) is 0. The highest BCUT2D eigenvalue weighted by Gasteiger charge is 2.51. The fourth-order valence-corrected chi connectivity index (χ4v) is 11.8. The maximum Gasteiger partial charge on any atom is 0.0725 e. The summed E-state index contributed by atoms with van der Waals surface area (Å²) in [6, 6.07) is 90.1. The first kappa shape index (κ1) is 36.1. The molecule has 2 aliphatic rings. The van der Waals surface area contributed by atoms with Crippen molar-refractivity contribution in [3.05, 3.63) is 265 Å². The zero-order chi connectivity index (χ0) is 42.6.